The molecule has 0 atom stereocenters. The van der Waals surface area contributed by atoms with E-state index in [0.29, 0.717) is 0 Å². The predicted octanol–water partition coefficient (Wildman–Crippen LogP) is 3.01. The number of aromatic nitrogens is 2. The molecular formula is C15H18N2O. The largest absolute Gasteiger partial charge is 0.311 e. The quantitative estimate of drug-likeness (QED) is 0.899. The van der Waals surface area contributed by atoms with Crippen LogP contribution in [0.5, 0.6) is 0 Å². The molecule has 94 valence electrons. The highest BCUT2D eigenvalue weighted by Gasteiger charge is 2.07. The van der Waals surface area contributed by atoms with Gasteiger partial charge >= 0.3 is 0 Å². The number of benzene rings is 1. The molecule has 0 bridgehead atoms. The van der Waals surface area contributed by atoms with Gasteiger partial charge in [-0.05, 0) is 31.4 Å². The minimum Gasteiger partial charge on any atom is -0.311 e. The van der Waals surface area contributed by atoms with Crippen LogP contribution < -0.4 is 5.56 Å². The van der Waals surface area contributed by atoms with Crippen molar-refractivity contribution in [1.29, 1.82) is 0 Å². The Bertz CT molecular complexity index is 614. The van der Waals surface area contributed by atoms with E-state index in [2.05, 4.69) is 36.8 Å². The first-order valence-electron chi connectivity index (χ1n) is 6.28. The topological polar surface area (TPSA) is 45.8 Å². The van der Waals surface area contributed by atoms with Crippen molar-refractivity contribution in [2.45, 2.75) is 33.6 Å². The highest BCUT2D eigenvalue weighted by atomic mass is 16.1. The van der Waals surface area contributed by atoms with E-state index in [1.807, 2.05) is 12.1 Å². The number of rotatable bonds is 3. The Hall–Kier alpha value is -1.90. The predicted molar refractivity (Wildman–Crippen MR) is 73.8 cm³/mol. The maximum Gasteiger partial charge on any atom is 0.251 e. The summed E-state index contributed by atoms with van der Waals surface area (Å²) in [5, 5.41) is 0. The summed E-state index contributed by atoms with van der Waals surface area (Å²) < 4.78 is 0. The van der Waals surface area contributed by atoms with Crippen LogP contribution in [0, 0.1) is 13.8 Å². The number of nitrogens with zero attached hydrogens (tertiary/aromatic N) is 1. The lowest BCUT2D eigenvalue weighted by Crippen LogP contribution is -2.11. The molecule has 0 aliphatic heterocycles. The molecule has 0 unspecified atom stereocenters. The smallest absolute Gasteiger partial charge is 0.251 e. The van der Waals surface area contributed by atoms with Crippen LogP contribution in [-0.4, -0.2) is 9.97 Å². The zero-order chi connectivity index (χ0) is 13.1. The van der Waals surface area contributed by atoms with Gasteiger partial charge in [-0.3, -0.25) is 4.79 Å². The molecule has 3 nitrogen and oxygen atoms in total. The van der Waals surface area contributed by atoms with Gasteiger partial charge in [-0.2, -0.15) is 0 Å². The third-order valence-corrected chi connectivity index (χ3v) is 3.16. The molecule has 0 aliphatic rings. The van der Waals surface area contributed by atoms with Crippen molar-refractivity contribution >= 4 is 0 Å². The number of aromatic amines is 1. The van der Waals surface area contributed by atoms with E-state index in [9.17, 15) is 4.79 Å². The molecule has 0 radical (unpaired) electrons. The van der Waals surface area contributed by atoms with E-state index in [1.54, 1.807) is 6.07 Å². The van der Waals surface area contributed by atoms with Crippen LogP contribution >= 0.6 is 0 Å². The molecule has 1 heterocycles. The molecule has 2 aromatic rings. The molecule has 2 rings (SSSR count). The zero-order valence-corrected chi connectivity index (χ0v) is 11.1. The standard InChI is InChI=1S/C15H18N2O/c1-4-6-14-16-13(9-15(18)17-14)12-8-5-7-10(2)11(12)3/h5,7-9H,4,6H2,1-3H3,(H,16,17,18). The molecule has 0 aliphatic carbocycles. The lowest BCUT2D eigenvalue weighted by molar-refractivity contribution is 0.827. The third kappa shape index (κ3) is 2.50. The Morgan fingerprint density at radius 1 is 1.28 bits per heavy atom. The van der Waals surface area contributed by atoms with Crippen LogP contribution in [0.1, 0.15) is 30.3 Å². The fourth-order valence-corrected chi connectivity index (χ4v) is 2.03. The molecule has 0 fully saturated rings. The number of nitrogens with one attached hydrogen (secondary N) is 1. The van der Waals surface area contributed by atoms with Crippen molar-refractivity contribution in [1.82, 2.24) is 9.97 Å². The van der Waals surface area contributed by atoms with Gasteiger partial charge in [-0.25, -0.2) is 4.98 Å². The summed E-state index contributed by atoms with van der Waals surface area (Å²) in [5.74, 6) is 0.765. The van der Waals surface area contributed by atoms with Gasteiger partial charge < -0.3 is 4.98 Å². The minimum atomic E-state index is -0.0793. The lowest BCUT2D eigenvalue weighted by atomic mass is 10.0. The summed E-state index contributed by atoms with van der Waals surface area (Å²) in [6.07, 6.45) is 1.77. The third-order valence-electron chi connectivity index (χ3n) is 3.16. The van der Waals surface area contributed by atoms with Gasteiger partial charge in [0.15, 0.2) is 0 Å². The van der Waals surface area contributed by atoms with Gasteiger partial charge in [0.2, 0.25) is 0 Å². The number of hydrogen-bond donors (Lipinski definition) is 1. The molecule has 3 heteroatoms. The first-order valence-corrected chi connectivity index (χ1v) is 6.28. The van der Waals surface area contributed by atoms with Gasteiger partial charge in [0.1, 0.15) is 5.82 Å². The van der Waals surface area contributed by atoms with Crippen LogP contribution in [0.4, 0.5) is 0 Å². The van der Waals surface area contributed by atoms with Crippen LogP contribution in [0.25, 0.3) is 11.3 Å². The molecule has 1 aromatic carbocycles. The Morgan fingerprint density at radius 3 is 2.78 bits per heavy atom. The molecule has 0 amide bonds. The second kappa shape index (κ2) is 5.17. The molecule has 0 saturated heterocycles. The fraction of sp³-hybridized carbons (Fsp3) is 0.333. The van der Waals surface area contributed by atoms with E-state index in [-0.39, 0.29) is 5.56 Å². The van der Waals surface area contributed by atoms with Crippen LogP contribution in [0.2, 0.25) is 0 Å². The average Bonchev–Trinajstić information content (AvgIpc) is 2.32. The summed E-state index contributed by atoms with van der Waals surface area (Å²) in [4.78, 5) is 19.0. The molecular weight excluding hydrogens is 224 g/mol. The first kappa shape index (κ1) is 12.6. The van der Waals surface area contributed by atoms with Crippen molar-refractivity contribution < 1.29 is 0 Å². The summed E-state index contributed by atoms with van der Waals surface area (Å²) in [6.45, 7) is 6.20. The van der Waals surface area contributed by atoms with E-state index >= 15 is 0 Å². The lowest BCUT2D eigenvalue weighted by Gasteiger charge is -2.08. The summed E-state index contributed by atoms with van der Waals surface area (Å²) in [7, 11) is 0. The summed E-state index contributed by atoms with van der Waals surface area (Å²) >= 11 is 0. The minimum absolute atomic E-state index is 0.0793. The van der Waals surface area contributed by atoms with Crippen LogP contribution in [0.3, 0.4) is 0 Å². The molecule has 18 heavy (non-hydrogen) atoms. The van der Waals surface area contributed by atoms with Gasteiger partial charge in [0.05, 0.1) is 5.69 Å². The van der Waals surface area contributed by atoms with Gasteiger partial charge in [0, 0.05) is 18.1 Å². The maximum atomic E-state index is 11.7. The van der Waals surface area contributed by atoms with Crippen LogP contribution in [0.15, 0.2) is 29.1 Å². The number of H-pyrrole nitrogens is 1. The second-order valence-electron chi connectivity index (χ2n) is 4.57. The Labute approximate surface area is 107 Å². The van der Waals surface area contributed by atoms with Crippen molar-refractivity contribution in [2.24, 2.45) is 0 Å². The molecule has 0 spiro atoms. The summed E-state index contributed by atoms with van der Waals surface area (Å²) in [5.41, 5.74) is 4.12. The summed E-state index contributed by atoms with van der Waals surface area (Å²) in [6, 6.07) is 7.65. The number of hydrogen-bond acceptors (Lipinski definition) is 2. The van der Waals surface area contributed by atoms with Crippen molar-refractivity contribution in [3.63, 3.8) is 0 Å². The normalized spacial score (nSPS) is 10.6. The highest BCUT2D eigenvalue weighted by molar-refractivity contribution is 5.64. The van der Waals surface area contributed by atoms with E-state index < -0.39 is 0 Å². The maximum absolute atomic E-state index is 11.7. The second-order valence-corrected chi connectivity index (χ2v) is 4.57. The molecule has 1 N–H and O–H groups in total. The molecule has 0 saturated carbocycles. The van der Waals surface area contributed by atoms with Crippen LogP contribution in [-0.2, 0) is 6.42 Å². The first-order chi connectivity index (χ1) is 8.61. The Kier molecular flexibility index (Phi) is 3.60. The number of aryl methyl sites for hydroxylation is 2. The zero-order valence-electron chi connectivity index (χ0n) is 11.1. The average molecular weight is 242 g/mol. The highest BCUT2D eigenvalue weighted by Crippen LogP contribution is 2.22. The SMILES string of the molecule is CCCc1nc(-c2cccc(C)c2C)cc(=O)[nH]1. The van der Waals surface area contributed by atoms with Crippen molar-refractivity contribution in [3.05, 3.63) is 51.6 Å². The Balaban J connectivity index is 2.56. The van der Waals surface area contributed by atoms with Crippen molar-refractivity contribution in [2.75, 3.05) is 0 Å². The van der Waals surface area contributed by atoms with Crippen molar-refractivity contribution in [3.8, 4) is 11.3 Å². The molecule has 1 aromatic heterocycles. The van der Waals surface area contributed by atoms with Gasteiger partial charge in [0.25, 0.3) is 5.56 Å². The van der Waals surface area contributed by atoms with E-state index in [4.69, 9.17) is 0 Å². The fourth-order valence-electron chi connectivity index (χ4n) is 2.03. The monoisotopic (exact) mass is 242 g/mol. The van der Waals surface area contributed by atoms with Gasteiger partial charge in [-0.15, -0.1) is 0 Å². The van der Waals surface area contributed by atoms with Gasteiger partial charge in [-0.1, -0.05) is 25.1 Å². The van der Waals surface area contributed by atoms with E-state index in [1.165, 1.54) is 11.1 Å². The van der Waals surface area contributed by atoms with E-state index in [0.717, 1.165) is 29.9 Å². The Morgan fingerprint density at radius 2 is 2.06 bits per heavy atom.